The van der Waals surface area contributed by atoms with Crippen LogP contribution in [0.4, 0.5) is 0 Å². The van der Waals surface area contributed by atoms with Gasteiger partial charge in [-0.25, -0.2) is 4.98 Å². The fourth-order valence-electron chi connectivity index (χ4n) is 3.32. The van der Waals surface area contributed by atoms with Crippen molar-refractivity contribution in [2.75, 3.05) is 19.6 Å². The van der Waals surface area contributed by atoms with Gasteiger partial charge in [0, 0.05) is 32.5 Å². The molecule has 2 aliphatic heterocycles. The summed E-state index contributed by atoms with van der Waals surface area (Å²) < 4.78 is 0. The Balaban J connectivity index is 1.58. The summed E-state index contributed by atoms with van der Waals surface area (Å²) >= 11 is 0. The minimum absolute atomic E-state index is 0.0190. The fourth-order valence-corrected chi connectivity index (χ4v) is 3.32. The lowest BCUT2D eigenvalue weighted by Crippen LogP contribution is -2.39. The molecule has 2 amide bonds. The number of aromatic nitrogens is 3. The lowest BCUT2D eigenvalue weighted by atomic mass is 10.1. The third-order valence-corrected chi connectivity index (χ3v) is 4.50. The Morgan fingerprint density at radius 3 is 2.91 bits per heavy atom. The number of hydrogen-bond donors (Lipinski definition) is 1. The Morgan fingerprint density at radius 1 is 1.32 bits per heavy atom. The lowest BCUT2D eigenvalue weighted by molar-refractivity contribution is -0.136. The van der Waals surface area contributed by atoms with E-state index in [2.05, 4.69) is 15.2 Å². The Morgan fingerprint density at radius 2 is 2.18 bits per heavy atom. The van der Waals surface area contributed by atoms with E-state index >= 15 is 0 Å². The first kappa shape index (κ1) is 15.0. The molecule has 120 valence electrons. The zero-order valence-corrected chi connectivity index (χ0v) is 13.0. The van der Waals surface area contributed by atoms with Crippen molar-refractivity contribution < 1.29 is 9.59 Å². The second-order valence-corrected chi connectivity index (χ2v) is 6.11. The summed E-state index contributed by atoms with van der Waals surface area (Å²) in [6.07, 6.45) is 4.92. The third kappa shape index (κ3) is 3.13. The molecule has 1 aromatic rings. The maximum Gasteiger partial charge on any atom is 0.224 e. The van der Waals surface area contributed by atoms with Crippen LogP contribution in [0, 0.1) is 6.92 Å². The number of H-pyrrole nitrogens is 1. The van der Waals surface area contributed by atoms with Crippen molar-refractivity contribution in [1.82, 2.24) is 25.0 Å². The SMILES string of the molecule is Cc1nc([C@H]2CCCN2C(=O)CCN2CCCCC2=O)n[nH]1. The van der Waals surface area contributed by atoms with E-state index < -0.39 is 0 Å². The van der Waals surface area contributed by atoms with Crippen LogP contribution in [0.5, 0.6) is 0 Å². The maximum atomic E-state index is 12.5. The number of likely N-dealkylation sites (tertiary alicyclic amines) is 2. The molecule has 2 saturated heterocycles. The highest BCUT2D eigenvalue weighted by Crippen LogP contribution is 2.30. The smallest absolute Gasteiger partial charge is 0.224 e. The van der Waals surface area contributed by atoms with Gasteiger partial charge in [-0.05, 0) is 32.6 Å². The molecule has 0 saturated carbocycles. The van der Waals surface area contributed by atoms with Gasteiger partial charge in [0.2, 0.25) is 11.8 Å². The summed E-state index contributed by atoms with van der Waals surface area (Å²) in [5.41, 5.74) is 0. The molecule has 7 nitrogen and oxygen atoms in total. The van der Waals surface area contributed by atoms with Gasteiger partial charge in [-0.3, -0.25) is 14.7 Å². The molecule has 0 radical (unpaired) electrons. The van der Waals surface area contributed by atoms with Crippen LogP contribution in [-0.2, 0) is 9.59 Å². The van der Waals surface area contributed by atoms with Crippen molar-refractivity contribution in [2.45, 2.75) is 51.5 Å². The molecule has 0 unspecified atom stereocenters. The molecule has 22 heavy (non-hydrogen) atoms. The van der Waals surface area contributed by atoms with Gasteiger partial charge in [0.1, 0.15) is 5.82 Å². The molecule has 0 bridgehead atoms. The number of amides is 2. The zero-order valence-electron chi connectivity index (χ0n) is 13.0. The monoisotopic (exact) mass is 305 g/mol. The number of aromatic amines is 1. The molecular weight excluding hydrogens is 282 g/mol. The van der Waals surface area contributed by atoms with E-state index in [0.29, 0.717) is 25.2 Å². The van der Waals surface area contributed by atoms with Gasteiger partial charge in [0.25, 0.3) is 0 Å². The Kier molecular flexibility index (Phi) is 4.40. The fraction of sp³-hybridized carbons (Fsp3) is 0.733. The Hall–Kier alpha value is -1.92. The summed E-state index contributed by atoms with van der Waals surface area (Å²) in [7, 11) is 0. The topological polar surface area (TPSA) is 82.2 Å². The Labute approximate surface area is 130 Å². The van der Waals surface area contributed by atoms with E-state index in [1.54, 1.807) is 0 Å². The van der Waals surface area contributed by atoms with Crippen molar-refractivity contribution in [3.63, 3.8) is 0 Å². The summed E-state index contributed by atoms with van der Waals surface area (Å²) in [5.74, 6) is 1.76. The highest BCUT2D eigenvalue weighted by Gasteiger charge is 2.32. The number of hydrogen-bond acceptors (Lipinski definition) is 4. The van der Waals surface area contributed by atoms with Crippen LogP contribution in [0.25, 0.3) is 0 Å². The van der Waals surface area contributed by atoms with Gasteiger partial charge in [0.15, 0.2) is 5.82 Å². The second-order valence-electron chi connectivity index (χ2n) is 6.11. The van der Waals surface area contributed by atoms with Crippen LogP contribution >= 0.6 is 0 Å². The molecule has 0 aliphatic carbocycles. The Bertz CT molecular complexity index is 556. The zero-order chi connectivity index (χ0) is 15.5. The summed E-state index contributed by atoms with van der Waals surface area (Å²) in [5, 5.41) is 7.04. The minimum Gasteiger partial charge on any atom is -0.342 e. The van der Waals surface area contributed by atoms with Crippen molar-refractivity contribution in [2.24, 2.45) is 0 Å². The summed E-state index contributed by atoms with van der Waals surface area (Å²) in [6, 6.07) is -0.0190. The van der Waals surface area contributed by atoms with Crippen LogP contribution < -0.4 is 0 Å². The molecule has 0 aromatic carbocycles. The second kappa shape index (κ2) is 6.46. The van der Waals surface area contributed by atoms with E-state index in [1.165, 1.54) is 0 Å². The molecule has 1 atom stereocenters. The quantitative estimate of drug-likeness (QED) is 0.905. The molecule has 1 aromatic heterocycles. The van der Waals surface area contributed by atoms with Crippen molar-refractivity contribution in [3.8, 4) is 0 Å². The van der Waals surface area contributed by atoms with E-state index in [-0.39, 0.29) is 17.9 Å². The third-order valence-electron chi connectivity index (χ3n) is 4.50. The molecule has 7 heteroatoms. The number of piperidine rings is 1. The van der Waals surface area contributed by atoms with Crippen LogP contribution in [-0.4, -0.2) is 56.4 Å². The molecule has 2 fully saturated rings. The van der Waals surface area contributed by atoms with Crippen LogP contribution in [0.2, 0.25) is 0 Å². The summed E-state index contributed by atoms with van der Waals surface area (Å²) in [4.78, 5) is 32.4. The van der Waals surface area contributed by atoms with Gasteiger partial charge in [-0.1, -0.05) is 0 Å². The van der Waals surface area contributed by atoms with E-state index in [4.69, 9.17) is 0 Å². The first-order valence-electron chi connectivity index (χ1n) is 8.11. The van der Waals surface area contributed by atoms with Crippen LogP contribution in [0.3, 0.4) is 0 Å². The first-order valence-corrected chi connectivity index (χ1v) is 8.11. The van der Waals surface area contributed by atoms with Crippen molar-refractivity contribution in [1.29, 1.82) is 0 Å². The first-order chi connectivity index (χ1) is 10.6. The predicted octanol–water partition coefficient (Wildman–Crippen LogP) is 1.18. The predicted molar refractivity (Wildman–Crippen MR) is 79.9 cm³/mol. The average Bonchev–Trinajstić information content (AvgIpc) is 3.14. The molecule has 2 aliphatic rings. The van der Waals surface area contributed by atoms with Gasteiger partial charge >= 0.3 is 0 Å². The number of nitrogens with one attached hydrogen (secondary N) is 1. The lowest BCUT2D eigenvalue weighted by Gasteiger charge is -2.28. The molecule has 3 rings (SSSR count). The molecule has 3 heterocycles. The molecule has 1 N–H and O–H groups in total. The van der Waals surface area contributed by atoms with E-state index in [9.17, 15) is 9.59 Å². The number of carbonyl (C=O) groups excluding carboxylic acids is 2. The van der Waals surface area contributed by atoms with Gasteiger partial charge in [0.05, 0.1) is 6.04 Å². The standard InChI is InChI=1S/C15H23N5O2/c1-11-16-15(18-17-11)12-5-4-9-20(12)14(22)7-10-19-8-3-2-6-13(19)21/h12H,2-10H2,1H3,(H,16,17,18)/t12-/m1/s1. The highest BCUT2D eigenvalue weighted by molar-refractivity contribution is 5.80. The number of carbonyl (C=O) groups is 2. The molecular formula is C15H23N5O2. The van der Waals surface area contributed by atoms with Crippen LogP contribution in [0.1, 0.15) is 56.2 Å². The van der Waals surface area contributed by atoms with Gasteiger partial charge < -0.3 is 9.80 Å². The minimum atomic E-state index is -0.0190. The average molecular weight is 305 g/mol. The number of nitrogens with zero attached hydrogens (tertiary/aromatic N) is 4. The largest absolute Gasteiger partial charge is 0.342 e. The summed E-state index contributed by atoms with van der Waals surface area (Å²) in [6.45, 7) is 3.94. The van der Waals surface area contributed by atoms with E-state index in [0.717, 1.165) is 44.6 Å². The molecule has 0 spiro atoms. The van der Waals surface area contributed by atoms with Gasteiger partial charge in [-0.15, -0.1) is 0 Å². The number of aryl methyl sites for hydroxylation is 1. The van der Waals surface area contributed by atoms with Crippen molar-refractivity contribution in [3.05, 3.63) is 11.6 Å². The maximum absolute atomic E-state index is 12.5. The number of rotatable bonds is 4. The van der Waals surface area contributed by atoms with Gasteiger partial charge in [-0.2, -0.15) is 5.10 Å². The van der Waals surface area contributed by atoms with Crippen molar-refractivity contribution >= 4 is 11.8 Å². The highest BCUT2D eigenvalue weighted by atomic mass is 16.2. The van der Waals surface area contributed by atoms with Crippen LogP contribution in [0.15, 0.2) is 0 Å². The normalized spacial score (nSPS) is 22.4. The van der Waals surface area contributed by atoms with E-state index in [1.807, 2.05) is 16.7 Å².